The third kappa shape index (κ3) is 9.08. The second-order valence-corrected chi connectivity index (χ2v) is 8.44. The van der Waals surface area contributed by atoms with Crippen molar-refractivity contribution >= 4 is 29.9 Å². The molecule has 0 bridgehead atoms. The van der Waals surface area contributed by atoms with Crippen LogP contribution in [-0.4, -0.2) is 75.7 Å². The fourth-order valence-corrected chi connectivity index (χ4v) is 4.19. The van der Waals surface area contributed by atoms with E-state index in [9.17, 15) is 0 Å². The lowest BCUT2D eigenvalue weighted by Gasteiger charge is -2.32. The summed E-state index contributed by atoms with van der Waals surface area (Å²) in [7, 11) is 4.06. The fraction of sp³-hybridized carbons (Fsp3) is 0.500. The van der Waals surface area contributed by atoms with Crippen molar-refractivity contribution in [3.63, 3.8) is 0 Å². The minimum Gasteiger partial charge on any atom is -0.356 e. The number of guanidine groups is 1. The van der Waals surface area contributed by atoms with E-state index in [2.05, 4.69) is 93.1 Å². The fourth-order valence-electron chi connectivity index (χ4n) is 4.19. The minimum atomic E-state index is 0. The molecule has 176 valence electrons. The number of hydrogen-bond acceptors (Lipinski definition) is 3. The summed E-state index contributed by atoms with van der Waals surface area (Å²) in [4.78, 5) is 9.40. The van der Waals surface area contributed by atoms with Crippen molar-refractivity contribution in [3.05, 3.63) is 71.8 Å². The predicted octanol–water partition coefficient (Wildman–Crippen LogP) is 4.02. The van der Waals surface area contributed by atoms with Gasteiger partial charge in [-0.3, -0.25) is 4.99 Å². The third-order valence-electron chi connectivity index (χ3n) is 6.14. The molecular weight excluding hydrogens is 509 g/mol. The van der Waals surface area contributed by atoms with E-state index >= 15 is 0 Å². The Hall–Kier alpha value is -1.64. The Morgan fingerprint density at radius 2 is 1.41 bits per heavy atom. The molecule has 3 rings (SSSR count). The van der Waals surface area contributed by atoms with Crippen molar-refractivity contribution < 1.29 is 0 Å². The van der Waals surface area contributed by atoms with E-state index < -0.39 is 0 Å². The van der Waals surface area contributed by atoms with Crippen LogP contribution in [0.3, 0.4) is 0 Å². The highest BCUT2D eigenvalue weighted by Crippen LogP contribution is 2.27. The number of halogens is 1. The van der Waals surface area contributed by atoms with Gasteiger partial charge in [-0.1, -0.05) is 60.7 Å². The van der Waals surface area contributed by atoms with E-state index in [4.69, 9.17) is 0 Å². The molecule has 0 amide bonds. The molecule has 0 spiro atoms. The molecule has 0 radical (unpaired) electrons. The molecule has 1 heterocycles. The average Bonchev–Trinajstić information content (AvgIpc) is 2.82. The first-order chi connectivity index (χ1) is 15.3. The molecule has 5 nitrogen and oxygen atoms in total. The van der Waals surface area contributed by atoms with Gasteiger partial charge in [-0.15, -0.1) is 24.0 Å². The van der Waals surface area contributed by atoms with Crippen molar-refractivity contribution in [2.75, 3.05) is 59.9 Å². The Balaban J connectivity index is 0.00000363. The zero-order chi connectivity index (χ0) is 21.7. The molecule has 32 heavy (non-hydrogen) atoms. The first-order valence-corrected chi connectivity index (χ1v) is 11.7. The topological polar surface area (TPSA) is 42.9 Å². The Kier molecular flexibility index (Phi) is 12.7. The Labute approximate surface area is 211 Å². The first kappa shape index (κ1) is 26.6. The van der Waals surface area contributed by atoms with Gasteiger partial charge < -0.3 is 20.4 Å². The number of piperazine rings is 1. The summed E-state index contributed by atoms with van der Waals surface area (Å²) in [5.41, 5.74) is 2.73. The number of nitrogens with one attached hydrogen (secondary N) is 2. The van der Waals surface area contributed by atoms with E-state index in [0.29, 0.717) is 5.92 Å². The maximum Gasteiger partial charge on any atom is 0.190 e. The predicted molar refractivity (Wildman–Crippen MR) is 147 cm³/mol. The molecule has 0 atom stereocenters. The van der Waals surface area contributed by atoms with Gasteiger partial charge in [0.1, 0.15) is 0 Å². The van der Waals surface area contributed by atoms with Gasteiger partial charge >= 0.3 is 0 Å². The summed E-state index contributed by atoms with van der Waals surface area (Å²) >= 11 is 0. The zero-order valence-electron chi connectivity index (χ0n) is 19.7. The Bertz CT molecular complexity index is 721. The van der Waals surface area contributed by atoms with Gasteiger partial charge in [-0.05, 0) is 44.0 Å². The van der Waals surface area contributed by atoms with Crippen LogP contribution in [0.25, 0.3) is 0 Å². The highest BCUT2D eigenvalue weighted by molar-refractivity contribution is 14.0. The van der Waals surface area contributed by atoms with Gasteiger partial charge in [0, 0.05) is 52.2 Å². The van der Waals surface area contributed by atoms with Crippen molar-refractivity contribution in [1.29, 1.82) is 0 Å². The summed E-state index contributed by atoms with van der Waals surface area (Å²) < 4.78 is 0. The van der Waals surface area contributed by atoms with Crippen LogP contribution in [0.5, 0.6) is 0 Å². The van der Waals surface area contributed by atoms with Crippen molar-refractivity contribution in [3.8, 4) is 0 Å². The van der Waals surface area contributed by atoms with Crippen LogP contribution in [-0.2, 0) is 0 Å². The minimum absolute atomic E-state index is 0. The number of benzene rings is 2. The second-order valence-electron chi connectivity index (χ2n) is 8.44. The summed E-state index contributed by atoms with van der Waals surface area (Å²) in [5, 5.41) is 6.99. The highest BCUT2D eigenvalue weighted by atomic mass is 127. The maximum absolute atomic E-state index is 4.40. The van der Waals surface area contributed by atoms with Gasteiger partial charge in [0.25, 0.3) is 0 Å². The SMILES string of the molecule is CN=C(NCCCCN1CCN(C)CC1)NCCC(c1ccccc1)c1ccccc1.I. The molecule has 0 aliphatic carbocycles. The molecule has 2 N–H and O–H groups in total. The van der Waals surface area contributed by atoms with Crippen LogP contribution >= 0.6 is 24.0 Å². The van der Waals surface area contributed by atoms with Crippen LogP contribution in [0.1, 0.15) is 36.3 Å². The lowest BCUT2D eigenvalue weighted by atomic mass is 9.88. The van der Waals surface area contributed by atoms with Crippen LogP contribution in [0, 0.1) is 0 Å². The van der Waals surface area contributed by atoms with E-state index in [1.807, 2.05) is 7.05 Å². The summed E-state index contributed by atoms with van der Waals surface area (Å²) in [6.07, 6.45) is 3.43. The summed E-state index contributed by atoms with van der Waals surface area (Å²) in [5.74, 6) is 1.29. The molecule has 1 aliphatic heterocycles. The van der Waals surface area contributed by atoms with Crippen molar-refractivity contribution in [2.45, 2.75) is 25.2 Å². The van der Waals surface area contributed by atoms with Gasteiger partial charge in [0.2, 0.25) is 0 Å². The number of likely N-dealkylation sites (N-methyl/N-ethyl adjacent to an activating group) is 1. The Morgan fingerprint density at radius 1 is 0.844 bits per heavy atom. The van der Waals surface area contributed by atoms with Crippen LogP contribution in [0.4, 0.5) is 0 Å². The van der Waals surface area contributed by atoms with E-state index in [1.165, 1.54) is 56.7 Å². The largest absolute Gasteiger partial charge is 0.356 e. The van der Waals surface area contributed by atoms with Crippen LogP contribution in [0.15, 0.2) is 65.7 Å². The molecule has 0 unspecified atom stereocenters. The number of aliphatic imine (C=N–C) groups is 1. The molecule has 2 aromatic carbocycles. The van der Waals surface area contributed by atoms with Crippen molar-refractivity contribution in [2.24, 2.45) is 4.99 Å². The third-order valence-corrected chi connectivity index (χ3v) is 6.14. The van der Waals surface area contributed by atoms with E-state index in [0.717, 1.165) is 25.5 Å². The standard InChI is InChI=1S/C26H39N5.HI/c1-27-26(28-16-9-10-18-31-21-19-30(2)20-22-31)29-17-15-25(23-11-5-3-6-12-23)24-13-7-4-8-14-24;/h3-8,11-14,25H,9-10,15-22H2,1-2H3,(H2,27,28,29);1H. The van der Waals surface area contributed by atoms with Crippen LogP contribution < -0.4 is 10.6 Å². The monoisotopic (exact) mass is 549 g/mol. The van der Waals surface area contributed by atoms with Crippen LogP contribution in [0.2, 0.25) is 0 Å². The second kappa shape index (κ2) is 15.2. The van der Waals surface area contributed by atoms with Gasteiger partial charge in [-0.25, -0.2) is 0 Å². The van der Waals surface area contributed by atoms with Gasteiger partial charge in [0.05, 0.1) is 0 Å². The smallest absolute Gasteiger partial charge is 0.190 e. The zero-order valence-corrected chi connectivity index (χ0v) is 22.0. The lowest BCUT2D eigenvalue weighted by Crippen LogP contribution is -2.44. The normalized spacial score (nSPS) is 15.4. The van der Waals surface area contributed by atoms with Crippen molar-refractivity contribution in [1.82, 2.24) is 20.4 Å². The van der Waals surface area contributed by atoms with E-state index in [-0.39, 0.29) is 24.0 Å². The molecule has 6 heteroatoms. The molecular formula is C26H40IN5. The van der Waals surface area contributed by atoms with Gasteiger partial charge in [0.15, 0.2) is 5.96 Å². The first-order valence-electron chi connectivity index (χ1n) is 11.7. The molecule has 1 aliphatic rings. The lowest BCUT2D eigenvalue weighted by molar-refractivity contribution is 0.152. The number of unbranched alkanes of at least 4 members (excludes halogenated alkanes) is 1. The molecule has 1 saturated heterocycles. The molecule has 1 fully saturated rings. The van der Waals surface area contributed by atoms with E-state index in [1.54, 1.807) is 0 Å². The number of rotatable bonds is 10. The average molecular weight is 550 g/mol. The Morgan fingerprint density at radius 3 is 1.97 bits per heavy atom. The number of nitrogens with zero attached hydrogens (tertiary/aromatic N) is 3. The maximum atomic E-state index is 4.40. The number of hydrogen-bond donors (Lipinski definition) is 2. The highest BCUT2D eigenvalue weighted by Gasteiger charge is 2.14. The van der Waals surface area contributed by atoms with Gasteiger partial charge in [-0.2, -0.15) is 0 Å². The molecule has 2 aromatic rings. The molecule has 0 aromatic heterocycles. The quantitative estimate of drug-likeness (QED) is 0.204. The summed E-state index contributed by atoms with van der Waals surface area (Å²) in [6.45, 7) is 7.86. The molecule has 0 saturated carbocycles. The summed E-state index contributed by atoms with van der Waals surface area (Å²) in [6, 6.07) is 21.6.